The van der Waals surface area contributed by atoms with Gasteiger partial charge in [-0.3, -0.25) is 15.7 Å². The van der Waals surface area contributed by atoms with E-state index in [1.165, 1.54) is 0 Å². The standard InChI is InChI=1S/C10H11N3O/c11-10(12)8-6-14-13-9(8)7-4-2-1-3-5-7/h1-5,13H,6H2,(H3,11,12). The number of amidine groups is 1. The summed E-state index contributed by atoms with van der Waals surface area (Å²) in [5.41, 5.74) is 10.7. The van der Waals surface area contributed by atoms with E-state index in [2.05, 4.69) is 5.48 Å². The van der Waals surface area contributed by atoms with Crippen molar-refractivity contribution in [3.63, 3.8) is 0 Å². The summed E-state index contributed by atoms with van der Waals surface area (Å²) in [5, 5.41) is 7.37. The molecule has 1 aromatic rings. The van der Waals surface area contributed by atoms with E-state index < -0.39 is 0 Å². The Labute approximate surface area is 81.8 Å². The molecule has 0 amide bonds. The van der Waals surface area contributed by atoms with Gasteiger partial charge in [-0.15, -0.1) is 0 Å². The zero-order valence-electron chi connectivity index (χ0n) is 7.58. The van der Waals surface area contributed by atoms with Crippen molar-refractivity contribution in [2.75, 3.05) is 6.61 Å². The van der Waals surface area contributed by atoms with E-state index in [-0.39, 0.29) is 5.84 Å². The van der Waals surface area contributed by atoms with Crippen LogP contribution in [0.15, 0.2) is 35.9 Å². The number of hydrogen-bond acceptors (Lipinski definition) is 3. The average molecular weight is 189 g/mol. The molecule has 1 aliphatic rings. The first-order chi connectivity index (χ1) is 6.79. The van der Waals surface area contributed by atoms with Gasteiger partial charge in [0.05, 0.1) is 5.70 Å². The summed E-state index contributed by atoms with van der Waals surface area (Å²) in [7, 11) is 0. The predicted molar refractivity (Wildman–Crippen MR) is 54.4 cm³/mol. The first-order valence-corrected chi connectivity index (χ1v) is 4.30. The average Bonchev–Trinajstić information content (AvgIpc) is 2.67. The fraction of sp³-hybridized carbons (Fsp3) is 0.100. The van der Waals surface area contributed by atoms with Gasteiger partial charge >= 0.3 is 0 Å². The van der Waals surface area contributed by atoms with Crippen LogP contribution >= 0.6 is 0 Å². The molecular weight excluding hydrogens is 178 g/mol. The molecule has 0 radical (unpaired) electrons. The second-order valence-electron chi connectivity index (χ2n) is 3.02. The highest BCUT2D eigenvalue weighted by Crippen LogP contribution is 2.20. The molecule has 2 rings (SSSR count). The van der Waals surface area contributed by atoms with Gasteiger partial charge in [0, 0.05) is 11.1 Å². The van der Waals surface area contributed by atoms with Gasteiger partial charge in [-0.2, -0.15) is 0 Å². The number of hydrogen-bond donors (Lipinski definition) is 3. The molecule has 0 atom stereocenters. The van der Waals surface area contributed by atoms with Crippen molar-refractivity contribution in [1.29, 1.82) is 5.41 Å². The van der Waals surface area contributed by atoms with E-state index in [1.807, 2.05) is 30.3 Å². The zero-order chi connectivity index (χ0) is 9.97. The number of rotatable bonds is 2. The molecule has 4 nitrogen and oxygen atoms in total. The normalized spacial score (nSPS) is 15.4. The largest absolute Gasteiger partial charge is 0.384 e. The summed E-state index contributed by atoms with van der Waals surface area (Å²) in [5.74, 6) is 0.0499. The van der Waals surface area contributed by atoms with E-state index in [0.717, 1.165) is 11.3 Å². The molecule has 1 heterocycles. The molecule has 0 spiro atoms. The molecule has 1 aliphatic heterocycles. The Morgan fingerprint density at radius 1 is 1.36 bits per heavy atom. The van der Waals surface area contributed by atoms with Gasteiger partial charge in [0.25, 0.3) is 0 Å². The predicted octanol–water partition coefficient (Wildman–Crippen LogP) is 0.868. The minimum absolute atomic E-state index is 0.0499. The first kappa shape index (κ1) is 8.77. The van der Waals surface area contributed by atoms with Crippen molar-refractivity contribution in [3.05, 3.63) is 41.5 Å². The summed E-state index contributed by atoms with van der Waals surface area (Å²) in [6.07, 6.45) is 0. The fourth-order valence-electron chi connectivity index (χ4n) is 1.36. The Morgan fingerprint density at radius 3 is 2.71 bits per heavy atom. The maximum atomic E-state index is 7.37. The highest BCUT2D eigenvalue weighted by atomic mass is 16.6. The summed E-state index contributed by atoms with van der Waals surface area (Å²) in [4.78, 5) is 5.04. The van der Waals surface area contributed by atoms with Crippen LogP contribution in [0.4, 0.5) is 0 Å². The van der Waals surface area contributed by atoms with Crippen LogP contribution in [0.1, 0.15) is 5.56 Å². The molecular formula is C10H11N3O. The van der Waals surface area contributed by atoms with Crippen molar-refractivity contribution < 1.29 is 4.84 Å². The summed E-state index contributed by atoms with van der Waals surface area (Å²) < 4.78 is 0. The molecule has 0 bridgehead atoms. The lowest BCUT2D eigenvalue weighted by atomic mass is 10.1. The minimum Gasteiger partial charge on any atom is -0.384 e. The maximum Gasteiger partial charge on any atom is 0.123 e. The van der Waals surface area contributed by atoms with Crippen LogP contribution in [0.2, 0.25) is 0 Å². The van der Waals surface area contributed by atoms with Crippen LogP contribution in [-0.2, 0) is 4.84 Å². The molecule has 0 aliphatic carbocycles. The Kier molecular flexibility index (Phi) is 2.20. The third-order valence-corrected chi connectivity index (χ3v) is 2.08. The van der Waals surface area contributed by atoms with Gasteiger partial charge in [-0.25, -0.2) is 0 Å². The van der Waals surface area contributed by atoms with Gasteiger partial charge in [-0.05, 0) is 0 Å². The molecule has 0 fully saturated rings. The van der Waals surface area contributed by atoms with Crippen molar-refractivity contribution in [2.45, 2.75) is 0 Å². The maximum absolute atomic E-state index is 7.37. The summed E-state index contributed by atoms with van der Waals surface area (Å²) in [6.45, 7) is 0.347. The Morgan fingerprint density at radius 2 is 2.07 bits per heavy atom. The van der Waals surface area contributed by atoms with Crippen molar-refractivity contribution >= 4 is 11.5 Å². The van der Waals surface area contributed by atoms with E-state index >= 15 is 0 Å². The molecule has 4 heteroatoms. The Hall–Kier alpha value is -1.81. The molecule has 0 unspecified atom stereocenters. The second kappa shape index (κ2) is 3.51. The molecule has 0 aromatic heterocycles. The van der Waals surface area contributed by atoms with Crippen molar-refractivity contribution in [3.8, 4) is 0 Å². The SMILES string of the molecule is N=C(N)C1=C(c2ccccc2)NOC1. The van der Waals surface area contributed by atoms with Crippen LogP contribution in [0, 0.1) is 5.41 Å². The lowest BCUT2D eigenvalue weighted by molar-refractivity contribution is 0.119. The number of nitrogens with one attached hydrogen (secondary N) is 2. The Bertz CT molecular complexity index is 384. The minimum atomic E-state index is 0.0499. The van der Waals surface area contributed by atoms with Gasteiger partial charge in [0.1, 0.15) is 12.4 Å². The van der Waals surface area contributed by atoms with Gasteiger partial charge in [0.2, 0.25) is 0 Å². The molecule has 14 heavy (non-hydrogen) atoms. The monoisotopic (exact) mass is 189 g/mol. The number of benzene rings is 1. The zero-order valence-corrected chi connectivity index (χ0v) is 7.58. The number of nitrogens with two attached hydrogens (primary N) is 1. The first-order valence-electron chi connectivity index (χ1n) is 4.30. The van der Waals surface area contributed by atoms with Crippen LogP contribution in [0.3, 0.4) is 0 Å². The third-order valence-electron chi connectivity index (χ3n) is 2.08. The van der Waals surface area contributed by atoms with Gasteiger partial charge in [0.15, 0.2) is 0 Å². The van der Waals surface area contributed by atoms with E-state index in [0.29, 0.717) is 12.2 Å². The highest BCUT2D eigenvalue weighted by molar-refractivity contribution is 6.02. The van der Waals surface area contributed by atoms with Gasteiger partial charge in [-0.1, -0.05) is 30.3 Å². The Balaban J connectivity index is 2.43. The molecule has 0 saturated heterocycles. The fourth-order valence-corrected chi connectivity index (χ4v) is 1.36. The lowest BCUT2D eigenvalue weighted by Gasteiger charge is -2.03. The van der Waals surface area contributed by atoms with Crippen LogP contribution in [0.25, 0.3) is 5.70 Å². The molecule has 0 saturated carbocycles. The quantitative estimate of drug-likeness (QED) is 0.477. The van der Waals surface area contributed by atoms with E-state index in [4.69, 9.17) is 16.0 Å². The van der Waals surface area contributed by atoms with Gasteiger partial charge < -0.3 is 5.73 Å². The molecule has 72 valence electrons. The summed E-state index contributed by atoms with van der Waals surface area (Å²) >= 11 is 0. The third kappa shape index (κ3) is 1.47. The summed E-state index contributed by atoms with van der Waals surface area (Å²) in [6, 6.07) is 9.69. The van der Waals surface area contributed by atoms with Crippen LogP contribution in [-0.4, -0.2) is 12.4 Å². The number of hydroxylamine groups is 1. The van der Waals surface area contributed by atoms with E-state index in [9.17, 15) is 0 Å². The molecule has 1 aromatic carbocycles. The smallest absolute Gasteiger partial charge is 0.123 e. The topological polar surface area (TPSA) is 71.1 Å². The van der Waals surface area contributed by atoms with E-state index in [1.54, 1.807) is 0 Å². The van der Waals surface area contributed by atoms with Crippen molar-refractivity contribution in [2.24, 2.45) is 5.73 Å². The van der Waals surface area contributed by atoms with Crippen LogP contribution in [0.5, 0.6) is 0 Å². The lowest BCUT2D eigenvalue weighted by Crippen LogP contribution is -2.15. The molecule has 4 N–H and O–H groups in total. The highest BCUT2D eigenvalue weighted by Gasteiger charge is 2.18. The van der Waals surface area contributed by atoms with Crippen LogP contribution < -0.4 is 11.2 Å². The second-order valence-corrected chi connectivity index (χ2v) is 3.02. The van der Waals surface area contributed by atoms with Crippen molar-refractivity contribution in [1.82, 2.24) is 5.48 Å².